The predicted molar refractivity (Wildman–Crippen MR) is 97.7 cm³/mol. The molecule has 26 heavy (non-hydrogen) atoms. The summed E-state index contributed by atoms with van der Waals surface area (Å²) in [7, 11) is -3.88. The monoisotopic (exact) mass is 376 g/mol. The zero-order chi connectivity index (χ0) is 18.9. The van der Waals surface area contributed by atoms with Crippen molar-refractivity contribution >= 4 is 21.6 Å². The smallest absolute Gasteiger partial charge is 0.238 e. The van der Waals surface area contributed by atoms with Gasteiger partial charge in [-0.1, -0.05) is 31.0 Å². The molecule has 3 N–H and O–H groups in total. The lowest BCUT2D eigenvalue weighted by Crippen LogP contribution is -2.38. The van der Waals surface area contributed by atoms with E-state index in [0.717, 1.165) is 18.4 Å². The van der Waals surface area contributed by atoms with Crippen molar-refractivity contribution in [2.24, 2.45) is 5.14 Å². The highest BCUT2D eigenvalue weighted by molar-refractivity contribution is 7.89. The lowest BCUT2D eigenvalue weighted by Gasteiger charge is -2.28. The Morgan fingerprint density at radius 2 is 1.73 bits per heavy atom. The van der Waals surface area contributed by atoms with Gasteiger partial charge >= 0.3 is 0 Å². The Labute approximate surface area is 152 Å². The largest absolute Gasteiger partial charge is 0.325 e. The minimum atomic E-state index is -3.88. The minimum Gasteiger partial charge on any atom is -0.325 e. The maximum Gasteiger partial charge on any atom is 0.238 e. The van der Waals surface area contributed by atoms with E-state index in [1.807, 2.05) is 0 Å². The number of aryl methyl sites for hydroxylation is 1. The second-order valence-corrected chi connectivity index (χ2v) is 8.31. The van der Waals surface area contributed by atoms with Gasteiger partial charge in [0.05, 0.1) is 10.3 Å². The van der Waals surface area contributed by atoms with Crippen LogP contribution in [0.4, 0.5) is 10.1 Å². The number of rotatable bonds is 4. The van der Waals surface area contributed by atoms with E-state index in [-0.39, 0.29) is 16.6 Å². The van der Waals surface area contributed by atoms with Crippen molar-refractivity contribution < 1.29 is 17.6 Å². The lowest BCUT2D eigenvalue weighted by atomic mass is 9.78. The normalized spacial score (nSPS) is 16.4. The molecule has 1 saturated carbocycles. The van der Waals surface area contributed by atoms with Crippen LogP contribution in [0.1, 0.15) is 36.8 Å². The molecule has 3 rings (SSSR count). The summed E-state index contributed by atoms with van der Waals surface area (Å²) in [5.74, 6) is -0.565. The topological polar surface area (TPSA) is 89.3 Å². The van der Waals surface area contributed by atoms with Crippen LogP contribution in [0.15, 0.2) is 47.4 Å². The van der Waals surface area contributed by atoms with Gasteiger partial charge < -0.3 is 5.32 Å². The molecule has 0 aliphatic heterocycles. The molecule has 1 amide bonds. The number of nitrogens with one attached hydrogen (secondary N) is 1. The second-order valence-electron chi connectivity index (χ2n) is 6.78. The quantitative estimate of drug-likeness (QED) is 0.858. The summed E-state index contributed by atoms with van der Waals surface area (Å²) in [6.07, 6.45) is 3.14. The number of halogens is 1. The Morgan fingerprint density at radius 3 is 2.31 bits per heavy atom. The first kappa shape index (κ1) is 18.5. The van der Waals surface area contributed by atoms with Gasteiger partial charge in [0.1, 0.15) is 5.82 Å². The third kappa shape index (κ3) is 3.50. The average Bonchev–Trinajstić information content (AvgIpc) is 3.07. The van der Waals surface area contributed by atoms with Crippen molar-refractivity contribution in [3.05, 3.63) is 59.4 Å². The molecule has 0 spiro atoms. The first-order valence-corrected chi connectivity index (χ1v) is 9.98. The first-order valence-electron chi connectivity index (χ1n) is 8.43. The summed E-state index contributed by atoms with van der Waals surface area (Å²) >= 11 is 0. The van der Waals surface area contributed by atoms with Gasteiger partial charge in [-0.2, -0.15) is 0 Å². The summed E-state index contributed by atoms with van der Waals surface area (Å²) in [4.78, 5) is 13.1. The van der Waals surface area contributed by atoms with E-state index in [1.165, 1.54) is 18.2 Å². The lowest BCUT2D eigenvalue weighted by molar-refractivity contribution is -0.121. The molecule has 0 aromatic heterocycles. The molecule has 7 heteroatoms. The highest BCUT2D eigenvalue weighted by atomic mass is 32.2. The van der Waals surface area contributed by atoms with Crippen LogP contribution in [0.5, 0.6) is 0 Å². The SMILES string of the molecule is Cc1ccc(NC(=O)C2(c3ccc(F)cc3)CCCC2)cc1S(N)(=O)=O. The molecule has 2 aromatic rings. The maximum absolute atomic E-state index is 13.3. The highest BCUT2D eigenvalue weighted by Gasteiger charge is 2.42. The van der Waals surface area contributed by atoms with Crippen molar-refractivity contribution in [2.45, 2.75) is 42.9 Å². The van der Waals surface area contributed by atoms with Crippen LogP contribution in [0, 0.1) is 12.7 Å². The van der Waals surface area contributed by atoms with Crippen molar-refractivity contribution in [3.63, 3.8) is 0 Å². The van der Waals surface area contributed by atoms with Gasteiger partial charge in [0.25, 0.3) is 0 Å². The van der Waals surface area contributed by atoms with E-state index in [2.05, 4.69) is 5.32 Å². The Kier molecular flexibility index (Phi) is 4.86. The van der Waals surface area contributed by atoms with Gasteiger partial charge in [0.15, 0.2) is 0 Å². The number of hydrogen-bond acceptors (Lipinski definition) is 3. The molecule has 0 radical (unpaired) electrons. The van der Waals surface area contributed by atoms with Crippen LogP contribution in [-0.2, 0) is 20.2 Å². The number of nitrogens with two attached hydrogens (primary N) is 1. The van der Waals surface area contributed by atoms with Crippen LogP contribution in [-0.4, -0.2) is 14.3 Å². The van der Waals surface area contributed by atoms with Gasteiger partial charge in [0, 0.05) is 5.69 Å². The fraction of sp³-hybridized carbons (Fsp3) is 0.316. The first-order chi connectivity index (χ1) is 12.2. The summed E-state index contributed by atoms with van der Waals surface area (Å²) in [5.41, 5.74) is 0.922. The molecule has 2 aromatic carbocycles. The summed E-state index contributed by atoms with van der Waals surface area (Å²) in [6.45, 7) is 1.64. The van der Waals surface area contributed by atoms with Crippen molar-refractivity contribution in [1.29, 1.82) is 0 Å². The molecule has 1 aliphatic rings. The fourth-order valence-electron chi connectivity index (χ4n) is 3.63. The molecule has 0 saturated heterocycles. The average molecular weight is 376 g/mol. The molecule has 0 unspecified atom stereocenters. The zero-order valence-corrected chi connectivity index (χ0v) is 15.3. The third-order valence-electron chi connectivity index (χ3n) is 5.04. The minimum absolute atomic E-state index is 0.0162. The summed E-state index contributed by atoms with van der Waals surface area (Å²) in [5, 5.41) is 8.06. The van der Waals surface area contributed by atoms with Gasteiger partial charge in [-0.25, -0.2) is 17.9 Å². The molecule has 1 fully saturated rings. The Balaban J connectivity index is 1.94. The van der Waals surface area contributed by atoms with E-state index in [9.17, 15) is 17.6 Å². The molecule has 0 bridgehead atoms. The van der Waals surface area contributed by atoms with Crippen LogP contribution >= 0.6 is 0 Å². The molecule has 1 aliphatic carbocycles. The molecular formula is C19H21FN2O3S. The number of amides is 1. The number of anilines is 1. The third-order valence-corrected chi connectivity index (χ3v) is 6.09. The molecule has 0 heterocycles. The van der Waals surface area contributed by atoms with E-state index in [1.54, 1.807) is 31.2 Å². The van der Waals surface area contributed by atoms with Crippen LogP contribution in [0.3, 0.4) is 0 Å². The number of hydrogen-bond donors (Lipinski definition) is 2. The van der Waals surface area contributed by atoms with Gasteiger partial charge in [0.2, 0.25) is 15.9 Å². The van der Waals surface area contributed by atoms with Crippen LogP contribution in [0.2, 0.25) is 0 Å². The van der Waals surface area contributed by atoms with Crippen LogP contribution < -0.4 is 10.5 Å². The van der Waals surface area contributed by atoms with Gasteiger partial charge in [-0.15, -0.1) is 0 Å². The fourth-order valence-corrected chi connectivity index (χ4v) is 4.44. The van der Waals surface area contributed by atoms with Gasteiger partial charge in [-0.3, -0.25) is 4.79 Å². The Hall–Kier alpha value is -2.25. The highest BCUT2D eigenvalue weighted by Crippen LogP contribution is 2.42. The van der Waals surface area contributed by atoms with E-state index >= 15 is 0 Å². The standard InChI is InChI=1S/C19H21FN2O3S/c1-13-4-9-16(12-17(13)26(21,24)25)22-18(23)19(10-2-3-11-19)14-5-7-15(20)8-6-14/h4-9,12H,2-3,10-11H2,1H3,(H,22,23)(H2,21,24,25). The Morgan fingerprint density at radius 1 is 1.12 bits per heavy atom. The zero-order valence-electron chi connectivity index (χ0n) is 14.5. The van der Waals surface area contributed by atoms with Crippen LogP contribution in [0.25, 0.3) is 0 Å². The van der Waals surface area contributed by atoms with Crippen molar-refractivity contribution in [2.75, 3.05) is 5.32 Å². The van der Waals surface area contributed by atoms with E-state index < -0.39 is 15.4 Å². The summed E-state index contributed by atoms with van der Waals surface area (Å²) < 4.78 is 36.7. The molecule has 138 valence electrons. The molecule has 5 nitrogen and oxygen atoms in total. The number of carbonyl (C=O) groups is 1. The maximum atomic E-state index is 13.3. The van der Waals surface area contributed by atoms with E-state index in [4.69, 9.17) is 5.14 Å². The number of primary sulfonamides is 1. The summed E-state index contributed by atoms with van der Waals surface area (Å²) in [6, 6.07) is 10.6. The van der Waals surface area contributed by atoms with Gasteiger partial charge in [-0.05, 0) is 55.2 Å². The van der Waals surface area contributed by atoms with Crippen molar-refractivity contribution in [3.8, 4) is 0 Å². The number of carbonyl (C=O) groups excluding carboxylic acids is 1. The molecular weight excluding hydrogens is 355 g/mol. The van der Waals surface area contributed by atoms with Crippen molar-refractivity contribution in [1.82, 2.24) is 0 Å². The number of sulfonamides is 1. The number of benzene rings is 2. The molecule has 0 atom stereocenters. The second kappa shape index (κ2) is 6.81. The Bertz CT molecular complexity index is 934. The predicted octanol–water partition coefficient (Wildman–Crippen LogP) is 3.23. The van der Waals surface area contributed by atoms with E-state index in [0.29, 0.717) is 24.1 Å².